The van der Waals surface area contributed by atoms with Crippen LogP contribution in [0, 0.1) is 0 Å². The molecule has 11 heteroatoms. The maximum absolute atomic E-state index is 6.29. The number of tetrazole rings is 1. The third-order valence-electron chi connectivity index (χ3n) is 5.07. The average Bonchev–Trinajstić information content (AvgIpc) is 3.34. The fourth-order valence-electron chi connectivity index (χ4n) is 3.39. The van der Waals surface area contributed by atoms with Crippen LogP contribution < -0.4 is 14.8 Å². The Bertz CT molecular complexity index is 1270. The maximum Gasteiger partial charge on any atom is 0.214 e. The number of para-hydroxylation sites is 1. The fourth-order valence-corrected chi connectivity index (χ4v) is 5.29. The van der Waals surface area contributed by atoms with Crippen LogP contribution in [0.1, 0.15) is 18.1 Å². The second-order valence-electron chi connectivity index (χ2n) is 7.56. The van der Waals surface area contributed by atoms with Gasteiger partial charge in [-0.2, -0.15) is 4.68 Å². The molecular weight excluding hydrogens is 585 g/mol. The van der Waals surface area contributed by atoms with Crippen molar-refractivity contribution < 1.29 is 9.47 Å². The van der Waals surface area contributed by atoms with Crippen molar-refractivity contribution in [3.63, 3.8) is 0 Å². The standard InChI is InChI=1S/C25H24BrCl2N5O2S/c1-2-34-23-14-17(13-20(26)24(23)35-16-19-21(27)9-6-10-22(19)28)15-29-11-12-36-25-30-31-32-33(25)18-7-4-3-5-8-18/h3-10,13-14,29H,2,11-12,15-16H2,1H3. The number of thioether (sulfide) groups is 1. The van der Waals surface area contributed by atoms with Crippen LogP contribution in [0.15, 0.2) is 70.3 Å². The van der Waals surface area contributed by atoms with Crippen molar-refractivity contribution >= 4 is 50.9 Å². The molecule has 0 unspecified atom stereocenters. The van der Waals surface area contributed by atoms with Gasteiger partial charge in [-0.15, -0.1) is 5.10 Å². The van der Waals surface area contributed by atoms with Gasteiger partial charge in [-0.25, -0.2) is 0 Å². The summed E-state index contributed by atoms with van der Waals surface area (Å²) in [6.45, 7) is 4.12. The zero-order valence-electron chi connectivity index (χ0n) is 19.5. The second-order valence-corrected chi connectivity index (χ2v) is 10.3. The molecule has 7 nitrogen and oxygen atoms in total. The van der Waals surface area contributed by atoms with Crippen LogP contribution in [-0.2, 0) is 13.2 Å². The van der Waals surface area contributed by atoms with E-state index in [1.54, 1.807) is 34.6 Å². The van der Waals surface area contributed by atoms with Gasteiger partial charge in [0, 0.05) is 34.5 Å². The van der Waals surface area contributed by atoms with Crippen molar-refractivity contribution in [3.8, 4) is 17.2 Å². The number of ether oxygens (including phenoxy) is 2. The first-order valence-electron chi connectivity index (χ1n) is 11.2. The van der Waals surface area contributed by atoms with E-state index in [0.29, 0.717) is 34.7 Å². The lowest BCUT2D eigenvalue weighted by Crippen LogP contribution is -2.17. The van der Waals surface area contributed by atoms with Crippen LogP contribution >= 0.6 is 50.9 Å². The number of nitrogens with zero attached hydrogens (tertiary/aromatic N) is 4. The highest BCUT2D eigenvalue weighted by molar-refractivity contribution is 9.10. The molecule has 0 radical (unpaired) electrons. The fraction of sp³-hybridized carbons (Fsp3) is 0.240. The number of rotatable bonds is 12. The van der Waals surface area contributed by atoms with E-state index in [9.17, 15) is 0 Å². The zero-order valence-corrected chi connectivity index (χ0v) is 23.4. The van der Waals surface area contributed by atoms with Crippen molar-refractivity contribution in [1.29, 1.82) is 0 Å². The molecule has 0 aliphatic rings. The van der Waals surface area contributed by atoms with Gasteiger partial charge in [0.25, 0.3) is 0 Å². The van der Waals surface area contributed by atoms with Gasteiger partial charge in [0.1, 0.15) is 6.61 Å². The summed E-state index contributed by atoms with van der Waals surface area (Å²) in [7, 11) is 0. The van der Waals surface area contributed by atoms with Crippen molar-refractivity contribution in [2.45, 2.75) is 25.2 Å². The summed E-state index contributed by atoms with van der Waals surface area (Å²) in [6, 6.07) is 19.2. The van der Waals surface area contributed by atoms with Crippen molar-refractivity contribution in [1.82, 2.24) is 25.5 Å². The van der Waals surface area contributed by atoms with Crippen molar-refractivity contribution in [2.24, 2.45) is 0 Å². The molecule has 0 saturated carbocycles. The van der Waals surface area contributed by atoms with Gasteiger partial charge in [0.2, 0.25) is 5.16 Å². The first-order chi connectivity index (χ1) is 17.6. The van der Waals surface area contributed by atoms with Crippen molar-refractivity contribution in [2.75, 3.05) is 18.9 Å². The van der Waals surface area contributed by atoms with E-state index in [0.717, 1.165) is 38.7 Å². The zero-order chi connectivity index (χ0) is 25.3. The topological polar surface area (TPSA) is 74.1 Å². The largest absolute Gasteiger partial charge is 0.490 e. The molecule has 1 N–H and O–H groups in total. The minimum atomic E-state index is 0.231. The Labute approximate surface area is 232 Å². The molecule has 0 atom stereocenters. The lowest BCUT2D eigenvalue weighted by Gasteiger charge is -2.16. The number of nitrogens with one attached hydrogen (secondary N) is 1. The van der Waals surface area contributed by atoms with E-state index in [1.165, 1.54) is 0 Å². The van der Waals surface area contributed by atoms with Gasteiger partial charge < -0.3 is 14.8 Å². The average molecular weight is 609 g/mol. The number of benzene rings is 3. The van der Waals surface area contributed by atoms with Crippen molar-refractivity contribution in [3.05, 3.63) is 86.3 Å². The van der Waals surface area contributed by atoms with E-state index in [1.807, 2.05) is 49.4 Å². The molecule has 0 spiro atoms. The number of aromatic nitrogens is 4. The summed E-state index contributed by atoms with van der Waals surface area (Å²) in [5.41, 5.74) is 2.73. The Morgan fingerprint density at radius 3 is 2.56 bits per heavy atom. The molecule has 0 fully saturated rings. The lowest BCUT2D eigenvalue weighted by atomic mass is 10.2. The molecule has 0 amide bonds. The summed E-state index contributed by atoms with van der Waals surface area (Å²) in [5, 5.41) is 17.4. The van der Waals surface area contributed by atoms with E-state index in [4.69, 9.17) is 32.7 Å². The van der Waals surface area contributed by atoms with Gasteiger partial charge in [0.15, 0.2) is 11.5 Å². The molecule has 0 aliphatic heterocycles. The smallest absolute Gasteiger partial charge is 0.214 e. The normalized spacial score (nSPS) is 11.0. The van der Waals surface area contributed by atoms with E-state index in [2.05, 4.69) is 36.8 Å². The summed E-state index contributed by atoms with van der Waals surface area (Å²) in [5.74, 6) is 2.08. The molecule has 3 aromatic carbocycles. The van der Waals surface area contributed by atoms with E-state index < -0.39 is 0 Å². The Hall–Kier alpha value is -2.30. The first kappa shape index (κ1) is 26.8. The van der Waals surface area contributed by atoms with Crippen LogP contribution in [0.5, 0.6) is 11.5 Å². The number of hydrogen-bond acceptors (Lipinski definition) is 7. The highest BCUT2D eigenvalue weighted by Gasteiger charge is 2.15. The molecule has 0 bridgehead atoms. The van der Waals surface area contributed by atoms with E-state index in [-0.39, 0.29) is 6.61 Å². The van der Waals surface area contributed by atoms with Crippen LogP contribution in [-0.4, -0.2) is 39.1 Å². The van der Waals surface area contributed by atoms with Gasteiger partial charge in [0.05, 0.1) is 16.8 Å². The first-order valence-corrected chi connectivity index (χ1v) is 13.8. The number of halogens is 3. The second kappa shape index (κ2) is 13.3. The highest BCUT2D eigenvalue weighted by atomic mass is 79.9. The molecular formula is C25H24BrCl2N5O2S. The molecule has 0 aliphatic carbocycles. The molecule has 188 valence electrons. The van der Waals surface area contributed by atoms with Gasteiger partial charge in [-0.05, 0) is 75.2 Å². The number of hydrogen-bond donors (Lipinski definition) is 1. The monoisotopic (exact) mass is 607 g/mol. The van der Waals surface area contributed by atoms with Gasteiger partial charge >= 0.3 is 0 Å². The highest BCUT2D eigenvalue weighted by Crippen LogP contribution is 2.38. The Morgan fingerprint density at radius 2 is 1.81 bits per heavy atom. The third kappa shape index (κ3) is 6.92. The third-order valence-corrected chi connectivity index (χ3v) is 7.29. The lowest BCUT2D eigenvalue weighted by molar-refractivity contribution is 0.267. The van der Waals surface area contributed by atoms with Crippen LogP contribution in [0.25, 0.3) is 5.69 Å². The van der Waals surface area contributed by atoms with Gasteiger partial charge in [-0.3, -0.25) is 0 Å². The van der Waals surface area contributed by atoms with Gasteiger partial charge in [-0.1, -0.05) is 59.2 Å². The van der Waals surface area contributed by atoms with Crippen LogP contribution in [0.3, 0.4) is 0 Å². The molecule has 4 aromatic rings. The summed E-state index contributed by atoms with van der Waals surface area (Å²) < 4.78 is 14.5. The predicted octanol–water partition coefficient (Wildman–Crippen LogP) is 6.59. The molecule has 1 heterocycles. The maximum atomic E-state index is 6.29. The molecule has 1 aromatic heterocycles. The summed E-state index contributed by atoms with van der Waals surface area (Å²) in [6.07, 6.45) is 0. The summed E-state index contributed by atoms with van der Waals surface area (Å²) >= 11 is 17.8. The Morgan fingerprint density at radius 1 is 1.03 bits per heavy atom. The SMILES string of the molecule is CCOc1cc(CNCCSc2nnnn2-c2ccccc2)cc(Br)c1OCc1c(Cl)cccc1Cl. The van der Waals surface area contributed by atoms with Crippen LogP contribution in [0.4, 0.5) is 0 Å². The minimum absolute atomic E-state index is 0.231. The Balaban J connectivity index is 1.33. The quantitative estimate of drug-likeness (QED) is 0.144. The van der Waals surface area contributed by atoms with Crippen LogP contribution in [0.2, 0.25) is 10.0 Å². The molecule has 0 saturated heterocycles. The van der Waals surface area contributed by atoms with E-state index >= 15 is 0 Å². The Kier molecular flexibility index (Phi) is 9.89. The molecule has 36 heavy (non-hydrogen) atoms. The molecule has 4 rings (SSSR count). The summed E-state index contributed by atoms with van der Waals surface area (Å²) in [4.78, 5) is 0. The predicted molar refractivity (Wildman–Crippen MR) is 148 cm³/mol. The minimum Gasteiger partial charge on any atom is -0.490 e.